The van der Waals surface area contributed by atoms with Crippen LogP contribution in [0.1, 0.15) is 16.7 Å². The maximum absolute atomic E-state index is 12.2. The summed E-state index contributed by atoms with van der Waals surface area (Å²) in [6.07, 6.45) is 0. The van der Waals surface area contributed by atoms with E-state index >= 15 is 0 Å². The van der Waals surface area contributed by atoms with Crippen LogP contribution in [0.2, 0.25) is 0 Å². The third kappa shape index (κ3) is 4.38. The van der Waals surface area contributed by atoms with Gasteiger partial charge in [-0.1, -0.05) is 52.3 Å². The zero-order valence-electron chi connectivity index (χ0n) is 11.3. The van der Waals surface area contributed by atoms with Crippen molar-refractivity contribution in [3.63, 3.8) is 0 Å². The standard InChI is InChI=1S/C15H16BrNO3S/c16-9-12-5-7-15(8-6-12)21(19,20)17-10-13-1-3-14(11-18)4-2-13/h1-8,17-18H,9-11H2. The Morgan fingerprint density at radius 2 is 1.43 bits per heavy atom. The van der Waals surface area contributed by atoms with Crippen LogP contribution in [0.5, 0.6) is 0 Å². The van der Waals surface area contributed by atoms with E-state index in [-0.39, 0.29) is 18.0 Å². The second-order valence-electron chi connectivity index (χ2n) is 4.58. The number of hydrogen-bond donors (Lipinski definition) is 2. The largest absolute Gasteiger partial charge is 0.392 e. The summed E-state index contributed by atoms with van der Waals surface area (Å²) in [5, 5.41) is 9.66. The van der Waals surface area contributed by atoms with Crippen molar-refractivity contribution in [3.05, 3.63) is 65.2 Å². The van der Waals surface area contributed by atoms with Crippen molar-refractivity contribution >= 4 is 26.0 Å². The van der Waals surface area contributed by atoms with Crippen LogP contribution in [0.25, 0.3) is 0 Å². The minimum atomic E-state index is -3.51. The van der Waals surface area contributed by atoms with Crippen LogP contribution in [0.3, 0.4) is 0 Å². The Hall–Kier alpha value is -1.21. The summed E-state index contributed by atoms with van der Waals surface area (Å²) in [7, 11) is -3.51. The number of hydrogen-bond acceptors (Lipinski definition) is 3. The minimum Gasteiger partial charge on any atom is -0.392 e. The normalized spacial score (nSPS) is 11.5. The molecule has 6 heteroatoms. The molecule has 0 heterocycles. The third-order valence-electron chi connectivity index (χ3n) is 3.06. The summed E-state index contributed by atoms with van der Waals surface area (Å²) in [4.78, 5) is 0.249. The van der Waals surface area contributed by atoms with Crippen molar-refractivity contribution in [3.8, 4) is 0 Å². The highest BCUT2D eigenvalue weighted by atomic mass is 79.9. The van der Waals surface area contributed by atoms with Gasteiger partial charge in [-0.2, -0.15) is 0 Å². The van der Waals surface area contributed by atoms with Crippen LogP contribution in [-0.2, 0) is 28.5 Å². The highest BCUT2D eigenvalue weighted by Gasteiger charge is 2.13. The van der Waals surface area contributed by atoms with Gasteiger partial charge in [0.25, 0.3) is 0 Å². The molecule has 112 valence electrons. The lowest BCUT2D eigenvalue weighted by Gasteiger charge is -2.08. The zero-order chi connectivity index (χ0) is 15.3. The van der Waals surface area contributed by atoms with Crippen molar-refractivity contribution in [2.45, 2.75) is 23.4 Å². The Kier molecular flexibility index (Phi) is 5.52. The molecular weight excluding hydrogens is 354 g/mol. The van der Waals surface area contributed by atoms with Crippen LogP contribution in [0.15, 0.2) is 53.4 Å². The SMILES string of the molecule is O=S(=O)(NCc1ccc(CO)cc1)c1ccc(CBr)cc1. The lowest BCUT2D eigenvalue weighted by atomic mass is 10.1. The van der Waals surface area contributed by atoms with Gasteiger partial charge < -0.3 is 5.11 Å². The van der Waals surface area contributed by atoms with E-state index < -0.39 is 10.0 Å². The summed E-state index contributed by atoms with van der Waals surface area (Å²) in [5.74, 6) is 0. The monoisotopic (exact) mass is 369 g/mol. The highest BCUT2D eigenvalue weighted by molar-refractivity contribution is 9.08. The van der Waals surface area contributed by atoms with Crippen LogP contribution < -0.4 is 4.72 Å². The second kappa shape index (κ2) is 7.17. The molecule has 0 aliphatic heterocycles. The Morgan fingerprint density at radius 3 is 1.95 bits per heavy atom. The summed E-state index contributed by atoms with van der Waals surface area (Å²) in [6.45, 7) is 0.195. The molecule has 0 aromatic heterocycles. The number of aliphatic hydroxyl groups excluding tert-OH is 1. The fourth-order valence-corrected chi connectivity index (χ4v) is 3.17. The molecule has 2 N–H and O–H groups in total. The quantitative estimate of drug-likeness (QED) is 0.768. The Morgan fingerprint density at radius 1 is 0.905 bits per heavy atom. The van der Waals surface area contributed by atoms with E-state index in [0.717, 1.165) is 16.7 Å². The molecule has 0 aliphatic rings. The average Bonchev–Trinajstić information content (AvgIpc) is 2.53. The molecule has 0 atom stereocenters. The molecule has 0 amide bonds. The first-order chi connectivity index (χ1) is 10.0. The van der Waals surface area contributed by atoms with Gasteiger partial charge in [0.2, 0.25) is 10.0 Å². The number of aliphatic hydroxyl groups is 1. The molecule has 0 radical (unpaired) electrons. The number of halogens is 1. The molecule has 0 saturated carbocycles. The van der Waals surface area contributed by atoms with Gasteiger partial charge in [0.15, 0.2) is 0 Å². The van der Waals surface area contributed by atoms with E-state index in [1.807, 2.05) is 0 Å². The maximum atomic E-state index is 12.2. The van der Waals surface area contributed by atoms with Crippen molar-refractivity contribution in [2.75, 3.05) is 0 Å². The van der Waals surface area contributed by atoms with Crippen LogP contribution in [-0.4, -0.2) is 13.5 Å². The summed E-state index contributed by atoms with van der Waals surface area (Å²) >= 11 is 3.32. The lowest BCUT2D eigenvalue weighted by Crippen LogP contribution is -2.23. The van der Waals surface area contributed by atoms with E-state index in [1.165, 1.54) is 0 Å². The van der Waals surface area contributed by atoms with Gasteiger partial charge in [-0.3, -0.25) is 0 Å². The first kappa shape index (κ1) is 16.2. The lowest BCUT2D eigenvalue weighted by molar-refractivity contribution is 0.282. The molecule has 0 aliphatic carbocycles. The molecular formula is C15H16BrNO3S. The molecule has 0 fully saturated rings. The molecule has 21 heavy (non-hydrogen) atoms. The van der Waals surface area contributed by atoms with Gasteiger partial charge in [0.05, 0.1) is 11.5 Å². The summed E-state index contributed by atoms with van der Waals surface area (Å²) < 4.78 is 26.9. The Labute approximate surface area is 133 Å². The van der Waals surface area contributed by atoms with E-state index in [2.05, 4.69) is 20.7 Å². The van der Waals surface area contributed by atoms with Crippen molar-refractivity contribution < 1.29 is 13.5 Å². The van der Waals surface area contributed by atoms with Gasteiger partial charge in [-0.05, 0) is 28.8 Å². The van der Waals surface area contributed by atoms with Gasteiger partial charge >= 0.3 is 0 Å². The van der Waals surface area contributed by atoms with Gasteiger partial charge in [-0.25, -0.2) is 13.1 Å². The minimum absolute atomic E-state index is 0.0219. The van der Waals surface area contributed by atoms with Crippen LogP contribution in [0.4, 0.5) is 0 Å². The topological polar surface area (TPSA) is 66.4 Å². The molecule has 2 rings (SSSR count). The van der Waals surface area contributed by atoms with Gasteiger partial charge in [-0.15, -0.1) is 0 Å². The summed E-state index contributed by atoms with van der Waals surface area (Å²) in [5.41, 5.74) is 2.66. The van der Waals surface area contributed by atoms with Crippen LogP contribution in [0, 0.1) is 0 Å². The van der Waals surface area contributed by atoms with Gasteiger partial charge in [0, 0.05) is 11.9 Å². The Balaban J connectivity index is 2.05. The predicted molar refractivity (Wildman–Crippen MR) is 85.5 cm³/mol. The van der Waals surface area contributed by atoms with Gasteiger partial charge in [0.1, 0.15) is 0 Å². The van der Waals surface area contributed by atoms with Crippen molar-refractivity contribution in [2.24, 2.45) is 0 Å². The molecule has 0 spiro atoms. The third-order valence-corrected chi connectivity index (χ3v) is 5.12. The zero-order valence-corrected chi connectivity index (χ0v) is 13.7. The molecule has 0 unspecified atom stereocenters. The fourth-order valence-electron chi connectivity index (χ4n) is 1.78. The van der Waals surface area contributed by atoms with Crippen molar-refractivity contribution in [1.82, 2.24) is 4.72 Å². The van der Waals surface area contributed by atoms with Crippen LogP contribution >= 0.6 is 15.9 Å². The molecule has 2 aromatic rings. The first-order valence-corrected chi connectivity index (χ1v) is 8.99. The van der Waals surface area contributed by atoms with E-state index in [9.17, 15) is 8.42 Å². The maximum Gasteiger partial charge on any atom is 0.240 e. The molecule has 0 saturated heterocycles. The number of alkyl halides is 1. The first-order valence-electron chi connectivity index (χ1n) is 6.38. The highest BCUT2D eigenvalue weighted by Crippen LogP contribution is 2.13. The smallest absolute Gasteiger partial charge is 0.240 e. The average molecular weight is 370 g/mol. The summed E-state index contributed by atoms with van der Waals surface area (Å²) in [6, 6.07) is 13.9. The molecule has 0 bridgehead atoms. The molecule has 2 aromatic carbocycles. The van der Waals surface area contributed by atoms with E-state index in [4.69, 9.17) is 5.11 Å². The van der Waals surface area contributed by atoms with E-state index in [1.54, 1.807) is 48.5 Å². The number of nitrogens with one attached hydrogen (secondary N) is 1. The fraction of sp³-hybridized carbons (Fsp3) is 0.200. The number of sulfonamides is 1. The second-order valence-corrected chi connectivity index (χ2v) is 6.90. The Bertz CT molecular complexity index is 682. The molecule has 4 nitrogen and oxygen atoms in total. The number of benzene rings is 2. The number of rotatable bonds is 6. The predicted octanol–water partition coefficient (Wildman–Crippen LogP) is 2.55. The van der Waals surface area contributed by atoms with E-state index in [0.29, 0.717) is 5.33 Å². The van der Waals surface area contributed by atoms with Crippen molar-refractivity contribution in [1.29, 1.82) is 0 Å².